The highest BCUT2D eigenvalue weighted by molar-refractivity contribution is 5.91. The lowest BCUT2D eigenvalue weighted by atomic mass is 9.93. The van der Waals surface area contributed by atoms with E-state index in [4.69, 9.17) is 0 Å². The van der Waals surface area contributed by atoms with Crippen molar-refractivity contribution < 1.29 is 9.59 Å². The summed E-state index contributed by atoms with van der Waals surface area (Å²) in [5.74, 6) is -0.0114. The number of rotatable bonds is 5. The third-order valence-electron chi connectivity index (χ3n) is 3.67. The zero-order valence-electron chi connectivity index (χ0n) is 11.5. The zero-order valence-corrected chi connectivity index (χ0v) is 11.5. The van der Waals surface area contributed by atoms with E-state index in [1.165, 1.54) is 5.56 Å². The molecule has 0 aromatic heterocycles. The summed E-state index contributed by atoms with van der Waals surface area (Å²) in [5, 5.41) is 5.41. The minimum Gasteiger partial charge on any atom is -0.359 e. The van der Waals surface area contributed by atoms with Gasteiger partial charge in [-0.25, -0.2) is 0 Å². The molecule has 0 aliphatic heterocycles. The quantitative estimate of drug-likeness (QED) is 0.838. The molecule has 2 N–H and O–H groups in total. The second-order valence-corrected chi connectivity index (χ2v) is 5.13. The molecule has 102 valence electrons. The lowest BCUT2D eigenvalue weighted by Crippen LogP contribution is -2.36. The van der Waals surface area contributed by atoms with Crippen molar-refractivity contribution >= 4 is 11.8 Å². The molecule has 0 unspecified atom stereocenters. The fraction of sp³-hybridized carbons (Fsp3) is 0.467. The van der Waals surface area contributed by atoms with Crippen molar-refractivity contribution in [1.29, 1.82) is 0 Å². The number of aryl methyl sites for hydroxylation is 1. The molecule has 2 rings (SSSR count). The number of amides is 2. The van der Waals surface area contributed by atoms with E-state index in [1.54, 1.807) is 7.05 Å². The van der Waals surface area contributed by atoms with Crippen LogP contribution in [0.2, 0.25) is 0 Å². The van der Waals surface area contributed by atoms with E-state index in [9.17, 15) is 9.59 Å². The number of carbonyl (C=O) groups is 2. The summed E-state index contributed by atoms with van der Waals surface area (Å²) in [4.78, 5) is 23.4. The second kappa shape index (κ2) is 5.43. The Hall–Kier alpha value is -1.84. The first-order valence-electron chi connectivity index (χ1n) is 6.64. The Balaban J connectivity index is 1.97. The molecule has 2 amide bonds. The minimum absolute atomic E-state index is 0.0435. The Labute approximate surface area is 113 Å². The van der Waals surface area contributed by atoms with Gasteiger partial charge in [-0.1, -0.05) is 29.8 Å². The number of hydrogen-bond donors (Lipinski definition) is 2. The van der Waals surface area contributed by atoms with Crippen molar-refractivity contribution in [2.24, 2.45) is 0 Å². The summed E-state index contributed by atoms with van der Waals surface area (Å²) in [6, 6.07) is 8.11. The van der Waals surface area contributed by atoms with Crippen LogP contribution in [0.5, 0.6) is 0 Å². The lowest BCUT2D eigenvalue weighted by molar-refractivity contribution is -0.124. The molecule has 1 fully saturated rings. The molecule has 4 nitrogen and oxygen atoms in total. The van der Waals surface area contributed by atoms with Gasteiger partial charge in [0.15, 0.2) is 0 Å². The third-order valence-corrected chi connectivity index (χ3v) is 3.67. The number of nitrogens with one attached hydrogen (secondary N) is 2. The van der Waals surface area contributed by atoms with Gasteiger partial charge < -0.3 is 10.6 Å². The molecule has 19 heavy (non-hydrogen) atoms. The molecule has 1 aliphatic carbocycles. The highest BCUT2D eigenvalue weighted by Gasteiger charge is 2.51. The van der Waals surface area contributed by atoms with Crippen molar-refractivity contribution in [1.82, 2.24) is 10.6 Å². The van der Waals surface area contributed by atoms with Crippen molar-refractivity contribution in [2.75, 3.05) is 13.6 Å². The summed E-state index contributed by atoms with van der Waals surface area (Å²) in [7, 11) is 1.60. The Morgan fingerprint density at radius 3 is 2.63 bits per heavy atom. The molecule has 1 aromatic carbocycles. The normalized spacial score (nSPS) is 15.7. The number of hydrogen-bond acceptors (Lipinski definition) is 2. The zero-order chi connectivity index (χ0) is 13.9. The summed E-state index contributed by atoms with van der Waals surface area (Å²) in [5.41, 5.74) is 1.90. The Bertz CT molecular complexity index is 493. The monoisotopic (exact) mass is 260 g/mol. The van der Waals surface area contributed by atoms with Crippen LogP contribution >= 0.6 is 0 Å². The van der Waals surface area contributed by atoms with Gasteiger partial charge in [0.05, 0.1) is 5.41 Å². The van der Waals surface area contributed by atoms with E-state index >= 15 is 0 Å². The van der Waals surface area contributed by atoms with Gasteiger partial charge in [0.2, 0.25) is 11.8 Å². The molecular formula is C15H20N2O2. The first-order chi connectivity index (χ1) is 9.08. The van der Waals surface area contributed by atoms with Crippen LogP contribution in [0.1, 0.15) is 30.4 Å². The van der Waals surface area contributed by atoms with Gasteiger partial charge in [0, 0.05) is 20.0 Å². The van der Waals surface area contributed by atoms with Crippen molar-refractivity contribution in [3.63, 3.8) is 0 Å². The van der Waals surface area contributed by atoms with Gasteiger partial charge in [0.1, 0.15) is 0 Å². The predicted octanol–water partition coefficient (Wildman–Crippen LogP) is 1.28. The summed E-state index contributed by atoms with van der Waals surface area (Å²) in [6.07, 6.45) is 2.11. The van der Waals surface area contributed by atoms with E-state index in [1.807, 2.05) is 25.1 Å². The third kappa shape index (κ3) is 2.95. The largest absolute Gasteiger partial charge is 0.359 e. The summed E-state index contributed by atoms with van der Waals surface area (Å²) >= 11 is 0. The smallest absolute Gasteiger partial charge is 0.230 e. The second-order valence-electron chi connectivity index (χ2n) is 5.13. The Morgan fingerprint density at radius 2 is 2.05 bits per heavy atom. The van der Waals surface area contributed by atoms with Crippen molar-refractivity contribution in [3.8, 4) is 0 Å². The maximum atomic E-state index is 12.3. The molecule has 0 saturated heterocycles. The average Bonchev–Trinajstić information content (AvgIpc) is 3.20. The average molecular weight is 260 g/mol. The van der Waals surface area contributed by atoms with Crippen molar-refractivity contribution in [3.05, 3.63) is 35.4 Å². The van der Waals surface area contributed by atoms with Crippen LogP contribution in [0.15, 0.2) is 24.3 Å². The maximum Gasteiger partial charge on any atom is 0.230 e. The van der Waals surface area contributed by atoms with Gasteiger partial charge in [-0.3, -0.25) is 9.59 Å². The lowest BCUT2D eigenvalue weighted by Gasteiger charge is -2.16. The minimum atomic E-state index is -0.352. The van der Waals surface area contributed by atoms with E-state index in [0.717, 1.165) is 18.4 Å². The van der Waals surface area contributed by atoms with Crippen LogP contribution in [0.4, 0.5) is 0 Å². The van der Waals surface area contributed by atoms with Crippen LogP contribution in [0.25, 0.3) is 0 Å². The van der Waals surface area contributed by atoms with Gasteiger partial charge >= 0.3 is 0 Å². The number of benzene rings is 1. The summed E-state index contributed by atoms with van der Waals surface area (Å²) < 4.78 is 0. The van der Waals surface area contributed by atoms with E-state index < -0.39 is 0 Å². The van der Waals surface area contributed by atoms with Gasteiger partial charge in [-0.05, 0) is 25.3 Å². The Kier molecular flexibility index (Phi) is 3.88. The van der Waals surface area contributed by atoms with Crippen molar-refractivity contribution in [2.45, 2.75) is 31.6 Å². The van der Waals surface area contributed by atoms with E-state index in [0.29, 0.717) is 13.0 Å². The van der Waals surface area contributed by atoms with Crippen LogP contribution in [-0.2, 0) is 15.0 Å². The molecule has 1 saturated carbocycles. The molecule has 1 aliphatic rings. The first-order valence-corrected chi connectivity index (χ1v) is 6.64. The van der Waals surface area contributed by atoms with E-state index in [-0.39, 0.29) is 17.2 Å². The highest BCUT2D eigenvalue weighted by Crippen LogP contribution is 2.48. The van der Waals surface area contributed by atoms with Crippen LogP contribution in [-0.4, -0.2) is 25.4 Å². The van der Waals surface area contributed by atoms with E-state index in [2.05, 4.69) is 16.7 Å². The molecule has 0 bridgehead atoms. The SMILES string of the molecule is CNC(=O)CCNC(=O)C1(c2cccc(C)c2)CC1. The molecule has 0 spiro atoms. The highest BCUT2D eigenvalue weighted by atomic mass is 16.2. The standard InChI is InChI=1S/C15H20N2O2/c1-11-4-3-5-12(10-11)15(7-8-15)14(19)17-9-6-13(18)16-2/h3-5,10H,6-9H2,1-2H3,(H,16,18)(H,17,19). The fourth-order valence-corrected chi connectivity index (χ4v) is 2.30. The molecular weight excluding hydrogens is 240 g/mol. The molecule has 4 heteroatoms. The Morgan fingerprint density at radius 1 is 1.32 bits per heavy atom. The maximum absolute atomic E-state index is 12.3. The summed E-state index contributed by atoms with van der Waals surface area (Å²) in [6.45, 7) is 2.43. The fourth-order valence-electron chi connectivity index (χ4n) is 2.30. The molecule has 1 aromatic rings. The predicted molar refractivity (Wildman–Crippen MR) is 73.8 cm³/mol. The van der Waals surface area contributed by atoms with Gasteiger partial charge in [-0.2, -0.15) is 0 Å². The topological polar surface area (TPSA) is 58.2 Å². The molecule has 0 heterocycles. The van der Waals surface area contributed by atoms with Crippen LogP contribution in [0.3, 0.4) is 0 Å². The van der Waals surface area contributed by atoms with Gasteiger partial charge in [0.25, 0.3) is 0 Å². The molecule has 0 radical (unpaired) electrons. The van der Waals surface area contributed by atoms with Crippen LogP contribution < -0.4 is 10.6 Å². The van der Waals surface area contributed by atoms with Gasteiger partial charge in [-0.15, -0.1) is 0 Å². The van der Waals surface area contributed by atoms with Crippen LogP contribution in [0, 0.1) is 6.92 Å². The first kappa shape index (κ1) is 13.6. The number of carbonyl (C=O) groups excluding carboxylic acids is 2. The molecule has 0 atom stereocenters.